The van der Waals surface area contributed by atoms with Gasteiger partial charge in [0.05, 0.1) is 29.8 Å². The lowest BCUT2D eigenvalue weighted by Gasteiger charge is -2.36. The first kappa shape index (κ1) is 19.4. The molecule has 1 aromatic heterocycles. The molecule has 0 saturated carbocycles. The van der Waals surface area contributed by atoms with Gasteiger partial charge >= 0.3 is 0 Å². The second-order valence-electron chi connectivity index (χ2n) is 7.93. The van der Waals surface area contributed by atoms with Gasteiger partial charge in [0, 0.05) is 31.7 Å². The monoisotopic (exact) mass is 386 g/mol. The molecule has 1 aliphatic rings. The zero-order valence-corrected chi connectivity index (χ0v) is 16.7. The van der Waals surface area contributed by atoms with Gasteiger partial charge in [0.15, 0.2) is 0 Å². The highest BCUT2D eigenvalue weighted by molar-refractivity contribution is 5.32. The molecule has 5 nitrogen and oxygen atoms in total. The van der Waals surface area contributed by atoms with Crippen molar-refractivity contribution in [2.24, 2.45) is 0 Å². The first-order valence-electron chi connectivity index (χ1n) is 10.1. The van der Waals surface area contributed by atoms with Crippen molar-refractivity contribution in [1.82, 2.24) is 14.5 Å². The van der Waals surface area contributed by atoms with Crippen LogP contribution in [0.15, 0.2) is 61.1 Å². The largest absolute Gasteiger partial charge is 0.391 e. The number of aliphatic hydroxyl groups is 1. The van der Waals surface area contributed by atoms with E-state index in [9.17, 15) is 5.11 Å². The highest BCUT2D eigenvalue weighted by Gasteiger charge is 2.29. The molecule has 0 spiro atoms. The fourth-order valence-corrected chi connectivity index (χ4v) is 4.16. The Bertz CT molecular complexity index is 1000. The fraction of sp³-hybridized carbons (Fsp3) is 0.333. The Hall–Kier alpha value is -2.94. The molecular weight excluding hydrogens is 360 g/mol. The maximum Gasteiger partial charge on any atom is 0.0991 e. The molecule has 4 rings (SSSR count). The van der Waals surface area contributed by atoms with Gasteiger partial charge in [0.1, 0.15) is 0 Å². The maximum absolute atomic E-state index is 10.8. The molecule has 0 aliphatic carbocycles. The lowest BCUT2D eigenvalue weighted by atomic mass is 9.86. The number of aromatic nitrogens is 2. The lowest BCUT2D eigenvalue weighted by molar-refractivity contribution is 0.0466. The average molecular weight is 386 g/mol. The number of nitriles is 1. The van der Waals surface area contributed by atoms with Crippen LogP contribution in [0.4, 0.5) is 0 Å². The Labute approximate surface area is 171 Å². The number of nitrogens with zero attached hydrogens (tertiary/aromatic N) is 4. The molecule has 2 atom stereocenters. The molecule has 1 N–H and O–H groups in total. The molecule has 148 valence electrons. The molecular formula is C24H26N4O. The third-order valence-electron chi connectivity index (χ3n) is 5.76. The second-order valence-corrected chi connectivity index (χ2v) is 7.93. The van der Waals surface area contributed by atoms with Crippen LogP contribution in [0.1, 0.15) is 40.3 Å². The Kier molecular flexibility index (Phi) is 5.75. The van der Waals surface area contributed by atoms with E-state index in [1.165, 1.54) is 11.1 Å². The summed E-state index contributed by atoms with van der Waals surface area (Å²) in [6, 6.07) is 18.3. The number of benzene rings is 2. The number of β-amino-alcohol motifs (C(OH)–C–C–N with tert-alkyl or cyclic N) is 1. The van der Waals surface area contributed by atoms with E-state index in [0.29, 0.717) is 12.1 Å². The number of aliphatic hydroxyl groups excluding tert-OH is 1. The van der Waals surface area contributed by atoms with E-state index in [-0.39, 0.29) is 12.0 Å². The van der Waals surface area contributed by atoms with Crippen molar-refractivity contribution < 1.29 is 5.11 Å². The zero-order valence-electron chi connectivity index (χ0n) is 16.7. The number of likely N-dealkylation sites (tertiary alicyclic amines) is 1. The second kappa shape index (κ2) is 8.60. The van der Waals surface area contributed by atoms with Gasteiger partial charge in [-0.25, -0.2) is 4.98 Å². The first-order chi connectivity index (χ1) is 14.1. The summed E-state index contributed by atoms with van der Waals surface area (Å²) in [7, 11) is 0. The molecule has 0 bridgehead atoms. The van der Waals surface area contributed by atoms with Gasteiger partial charge in [0.2, 0.25) is 0 Å². The molecule has 1 saturated heterocycles. The van der Waals surface area contributed by atoms with Crippen molar-refractivity contribution in [3.05, 3.63) is 89.0 Å². The van der Waals surface area contributed by atoms with E-state index >= 15 is 0 Å². The smallest absolute Gasteiger partial charge is 0.0991 e. The predicted octanol–water partition coefficient (Wildman–Crippen LogP) is 3.46. The van der Waals surface area contributed by atoms with Crippen LogP contribution in [0, 0.1) is 18.3 Å². The number of rotatable bonds is 5. The average Bonchev–Trinajstić information content (AvgIpc) is 3.15. The Morgan fingerprint density at radius 2 is 2.00 bits per heavy atom. The fourth-order valence-electron chi connectivity index (χ4n) is 4.16. The molecule has 1 aliphatic heterocycles. The van der Waals surface area contributed by atoms with Gasteiger partial charge in [0.25, 0.3) is 0 Å². The molecule has 1 fully saturated rings. The first-order valence-corrected chi connectivity index (χ1v) is 10.1. The van der Waals surface area contributed by atoms with E-state index < -0.39 is 0 Å². The van der Waals surface area contributed by atoms with Crippen LogP contribution in [0.3, 0.4) is 0 Å². The van der Waals surface area contributed by atoms with E-state index in [1.54, 1.807) is 0 Å². The van der Waals surface area contributed by atoms with Crippen LogP contribution >= 0.6 is 0 Å². The van der Waals surface area contributed by atoms with Gasteiger partial charge in [-0.1, -0.05) is 42.0 Å². The van der Waals surface area contributed by atoms with Gasteiger partial charge in [-0.05, 0) is 43.1 Å². The topological polar surface area (TPSA) is 65.1 Å². The zero-order chi connectivity index (χ0) is 20.2. The molecule has 2 heterocycles. The Morgan fingerprint density at radius 1 is 1.17 bits per heavy atom. The summed E-state index contributed by atoms with van der Waals surface area (Å²) < 4.78 is 2.14. The Morgan fingerprint density at radius 3 is 2.72 bits per heavy atom. The minimum absolute atomic E-state index is 0.203. The summed E-state index contributed by atoms with van der Waals surface area (Å²) in [5, 5.41) is 19.7. The summed E-state index contributed by atoms with van der Waals surface area (Å²) >= 11 is 0. The molecule has 0 amide bonds. The number of hydrogen-bond acceptors (Lipinski definition) is 4. The molecule has 5 heteroatoms. The minimum atomic E-state index is -0.361. The third-order valence-corrected chi connectivity index (χ3v) is 5.76. The van der Waals surface area contributed by atoms with Gasteiger partial charge in [-0.15, -0.1) is 0 Å². The number of imidazole rings is 1. The van der Waals surface area contributed by atoms with Gasteiger partial charge in [-0.2, -0.15) is 5.26 Å². The van der Waals surface area contributed by atoms with Crippen LogP contribution in [0.5, 0.6) is 0 Å². The van der Waals surface area contributed by atoms with Crippen molar-refractivity contribution in [1.29, 1.82) is 5.26 Å². The van der Waals surface area contributed by atoms with Crippen LogP contribution in [0.2, 0.25) is 0 Å². The van der Waals surface area contributed by atoms with Crippen molar-refractivity contribution in [2.45, 2.75) is 38.5 Å². The highest BCUT2D eigenvalue weighted by Crippen LogP contribution is 2.29. The SMILES string of the molecule is Cc1cccc(C2CCN(Cc3cncn3Cc3ccc(C#N)cc3)CC2O)c1. The van der Waals surface area contributed by atoms with Crippen LogP contribution in [-0.2, 0) is 13.1 Å². The van der Waals surface area contributed by atoms with Gasteiger partial charge < -0.3 is 9.67 Å². The summed E-state index contributed by atoms with van der Waals surface area (Å²) in [4.78, 5) is 6.64. The standard InChI is InChI=1S/C24H26N4O/c1-18-3-2-4-21(11-18)23-9-10-27(16-24(23)29)15-22-13-26-17-28(22)14-20-7-5-19(12-25)6-8-20/h2-8,11,13,17,23-24,29H,9-10,14-16H2,1H3. The van der Waals surface area contributed by atoms with E-state index in [2.05, 4.69) is 51.7 Å². The van der Waals surface area contributed by atoms with Crippen LogP contribution < -0.4 is 0 Å². The van der Waals surface area contributed by atoms with E-state index in [4.69, 9.17) is 5.26 Å². The number of piperidine rings is 1. The van der Waals surface area contributed by atoms with Crippen molar-refractivity contribution in [3.63, 3.8) is 0 Å². The highest BCUT2D eigenvalue weighted by atomic mass is 16.3. The summed E-state index contributed by atoms with van der Waals surface area (Å²) in [6.45, 7) is 5.22. The van der Waals surface area contributed by atoms with E-state index in [1.807, 2.05) is 36.8 Å². The number of aryl methyl sites for hydroxylation is 1. The minimum Gasteiger partial charge on any atom is -0.391 e. The van der Waals surface area contributed by atoms with Crippen LogP contribution in [-0.4, -0.2) is 38.8 Å². The third kappa shape index (κ3) is 4.56. The molecule has 29 heavy (non-hydrogen) atoms. The predicted molar refractivity (Wildman–Crippen MR) is 112 cm³/mol. The number of hydrogen-bond donors (Lipinski definition) is 1. The molecule has 3 aromatic rings. The Balaban J connectivity index is 1.39. The van der Waals surface area contributed by atoms with Crippen LogP contribution in [0.25, 0.3) is 0 Å². The molecule has 2 aromatic carbocycles. The van der Waals surface area contributed by atoms with Crippen molar-refractivity contribution in [2.75, 3.05) is 13.1 Å². The maximum atomic E-state index is 10.8. The summed E-state index contributed by atoms with van der Waals surface area (Å²) in [5.74, 6) is 0.203. The van der Waals surface area contributed by atoms with Crippen molar-refractivity contribution in [3.8, 4) is 6.07 Å². The van der Waals surface area contributed by atoms with E-state index in [0.717, 1.165) is 37.3 Å². The molecule has 0 radical (unpaired) electrons. The molecule has 2 unspecified atom stereocenters. The van der Waals surface area contributed by atoms with Gasteiger partial charge in [-0.3, -0.25) is 4.90 Å². The normalized spacial score (nSPS) is 19.8. The summed E-state index contributed by atoms with van der Waals surface area (Å²) in [5.41, 5.74) is 5.42. The van der Waals surface area contributed by atoms with Crippen molar-refractivity contribution >= 4 is 0 Å². The lowest BCUT2D eigenvalue weighted by Crippen LogP contribution is -2.42. The summed E-state index contributed by atoms with van der Waals surface area (Å²) in [6.07, 6.45) is 4.35. The quantitative estimate of drug-likeness (QED) is 0.729.